The lowest BCUT2D eigenvalue weighted by molar-refractivity contribution is 0.116. The first-order valence-electron chi connectivity index (χ1n) is 29.7. The normalized spacial score (nSPS) is 15.7. The van der Waals surface area contributed by atoms with Crippen molar-refractivity contribution in [2.75, 3.05) is 26.4 Å². The topological polar surface area (TPSA) is 199 Å². The van der Waals surface area contributed by atoms with Gasteiger partial charge in [-0.25, -0.2) is 0 Å². The van der Waals surface area contributed by atoms with Crippen molar-refractivity contribution in [2.45, 2.75) is 127 Å². The van der Waals surface area contributed by atoms with E-state index in [0.29, 0.717) is 174 Å². The molecule has 0 aliphatic heterocycles. The summed E-state index contributed by atoms with van der Waals surface area (Å²) in [5.41, 5.74) is 7.51. The summed E-state index contributed by atoms with van der Waals surface area (Å²) in [6, 6.07) is 52.0. The monoisotopic (exact) mass is 1140 g/mol. The average Bonchev–Trinajstić information content (AvgIpc) is 1.92. The second-order valence-electron chi connectivity index (χ2n) is 22.2. The zero-order valence-corrected chi connectivity index (χ0v) is 47.8. The second kappa shape index (κ2) is 30.5. The number of rotatable bonds is 28. The van der Waals surface area contributed by atoms with E-state index in [9.17, 15) is 40.9 Å². The molecule has 0 unspecified atom stereocenters. The summed E-state index contributed by atoms with van der Waals surface area (Å²) < 4.78 is 24.4. The van der Waals surface area contributed by atoms with Gasteiger partial charge in [0.25, 0.3) is 0 Å². The SMILES string of the molecule is Oc1cc(O)c2cc1C(CCCCOCc1ccccc1)c1cc(c(O)cc1O)C(CCCCOCc1ccccc1)c1cc(c(O)cc1O)C(CCCCOCc1ccccc1)c1cc(c(O)cc1O)C2CCCCOCc1ccccc1. The van der Waals surface area contributed by atoms with E-state index < -0.39 is 23.7 Å². The van der Waals surface area contributed by atoms with Gasteiger partial charge in [-0.2, -0.15) is 0 Å². The van der Waals surface area contributed by atoms with Crippen molar-refractivity contribution < 1.29 is 59.8 Å². The zero-order chi connectivity index (χ0) is 58.6. The minimum absolute atomic E-state index is 0.207. The van der Waals surface area contributed by atoms with E-state index in [1.54, 1.807) is 24.3 Å². The molecule has 8 bridgehead atoms. The van der Waals surface area contributed by atoms with Crippen molar-refractivity contribution in [2.24, 2.45) is 0 Å². The van der Waals surface area contributed by atoms with E-state index >= 15 is 0 Å². The fraction of sp³-hybridized carbons (Fsp3) is 0.333. The smallest absolute Gasteiger partial charge is 0.123 e. The second-order valence-corrected chi connectivity index (χ2v) is 22.2. The Kier molecular flexibility index (Phi) is 22.0. The van der Waals surface area contributed by atoms with E-state index in [1.807, 2.05) is 121 Å². The third-order valence-electron chi connectivity index (χ3n) is 16.3. The third-order valence-corrected chi connectivity index (χ3v) is 16.3. The van der Waals surface area contributed by atoms with Gasteiger partial charge in [-0.05, 0) is 97.9 Å². The maximum atomic E-state index is 12.1. The molecule has 0 heterocycles. The molecule has 84 heavy (non-hydrogen) atoms. The highest BCUT2D eigenvalue weighted by atomic mass is 16.5. The van der Waals surface area contributed by atoms with Crippen LogP contribution in [0.25, 0.3) is 0 Å². The molecule has 0 fully saturated rings. The summed E-state index contributed by atoms with van der Waals surface area (Å²) in [6.07, 6.45) is 6.53. The first-order chi connectivity index (χ1) is 41.0. The van der Waals surface area contributed by atoms with Crippen LogP contribution < -0.4 is 0 Å². The minimum Gasteiger partial charge on any atom is -0.508 e. The van der Waals surface area contributed by atoms with Gasteiger partial charge in [0.1, 0.15) is 46.0 Å². The molecule has 8 aromatic carbocycles. The predicted molar refractivity (Wildman–Crippen MR) is 326 cm³/mol. The fourth-order valence-corrected chi connectivity index (χ4v) is 11.9. The molecule has 8 N–H and O–H groups in total. The number of aromatic hydroxyl groups is 8. The van der Waals surface area contributed by atoms with E-state index in [1.165, 1.54) is 24.3 Å². The molecule has 0 saturated heterocycles. The highest BCUT2D eigenvalue weighted by Gasteiger charge is 2.33. The van der Waals surface area contributed by atoms with E-state index in [4.69, 9.17) is 18.9 Å². The number of benzene rings is 8. The molecule has 0 radical (unpaired) electrons. The van der Waals surface area contributed by atoms with Crippen LogP contribution in [0.5, 0.6) is 46.0 Å². The average molecular weight is 1140 g/mol. The van der Waals surface area contributed by atoms with Gasteiger partial charge < -0.3 is 59.8 Å². The third kappa shape index (κ3) is 16.2. The Morgan fingerprint density at radius 3 is 0.583 bits per heavy atom. The molecule has 0 aromatic heterocycles. The highest BCUT2D eigenvalue weighted by molar-refractivity contribution is 5.62. The molecule has 12 nitrogen and oxygen atoms in total. The number of ether oxygens (including phenoxy) is 4. The van der Waals surface area contributed by atoms with Gasteiger partial charge in [0, 0.05) is 119 Å². The van der Waals surface area contributed by atoms with Crippen molar-refractivity contribution in [1.82, 2.24) is 0 Å². The van der Waals surface area contributed by atoms with Gasteiger partial charge in [-0.15, -0.1) is 0 Å². The molecule has 9 rings (SSSR count). The van der Waals surface area contributed by atoms with Gasteiger partial charge in [0.05, 0.1) is 26.4 Å². The minimum atomic E-state index is -0.709. The van der Waals surface area contributed by atoms with Crippen molar-refractivity contribution in [3.05, 3.63) is 237 Å². The standard InChI is InChI=1S/C72H80O12/c73-65-41-67(75)59-37-57(65)53(29-13-17-33-81-45-49-21-5-1-6-22-49)58-38-60(68(76)42-66(58)74)55(31-15-19-35-83-47-51-25-9-3-10-26-51)62-40-64(72(80)44-70(62)78)56(32-16-20-36-84-48-52-27-11-4-12-28-52)63-39-61(69(77)43-71(63)79)54(59)30-14-18-34-82-46-50-23-7-2-8-24-50/h1-12,21-28,37-44,53-56,73-80H,13-20,29-36,45-48H2. The van der Waals surface area contributed by atoms with Crippen LogP contribution in [0.15, 0.2) is 170 Å². The van der Waals surface area contributed by atoms with Gasteiger partial charge >= 0.3 is 0 Å². The van der Waals surface area contributed by atoms with Crippen molar-refractivity contribution in [3.63, 3.8) is 0 Å². The van der Waals surface area contributed by atoms with E-state index in [-0.39, 0.29) is 46.0 Å². The van der Waals surface area contributed by atoms with Crippen molar-refractivity contribution in [1.29, 1.82) is 0 Å². The molecule has 0 atom stereocenters. The molecule has 0 saturated carbocycles. The van der Waals surface area contributed by atoms with Gasteiger partial charge in [0.2, 0.25) is 0 Å². The van der Waals surface area contributed by atoms with Crippen molar-refractivity contribution >= 4 is 0 Å². The maximum Gasteiger partial charge on any atom is 0.123 e. The summed E-state index contributed by atoms with van der Waals surface area (Å²) in [7, 11) is 0. The number of hydrogen-bond acceptors (Lipinski definition) is 12. The van der Waals surface area contributed by atoms with Crippen LogP contribution in [0, 0.1) is 0 Å². The van der Waals surface area contributed by atoms with Crippen LogP contribution in [-0.2, 0) is 45.4 Å². The molecular weight excluding hydrogens is 1060 g/mol. The maximum absolute atomic E-state index is 12.1. The molecular formula is C72H80O12. The Labute approximate surface area is 493 Å². The zero-order valence-electron chi connectivity index (χ0n) is 47.8. The molecule has 1 aliphatic carbocycles. The Morgan fingerprint density at radius 2 is 0.405 bits per heavy atom. The lowest BCUT2D eigenvalue weighted by Crippen LogP contribution is -2.12. The van der Waals surface area contributed by atoms with Crippen molar-refractivity contribution in [3.8, 4) is 46.0 Å². The number of unbranched alkanes of at least 4 members (excludes halogenated alkanes) is 4. The molecule has 440 valence electrons. The summed E-state index contributed by atoms with van der Waals surface area (Å²) in [5, 5.41) is 97.1. The van der Waals surface area contributed by atoms with Crippen LogP contribution in [0.3, 0.4) is 0 Å². The van der Waals surface area contributed by atoms with Gasteiger partial charge in [0.15, 0.2) is 0 Å². The number of phenols is 8. The van der Waals surface area contributed by atoms with Crippen LogP contribution in [0.1, 0.15) is 167 Å². The number of phenolic OH excluding ortho intramolecular Hbond substituents is 8. The molecule has 12 heteroatoms. The van der Waals surface area contributed by atoms with Gasteiger partial charge in [-0.1, -0.05) is 147 Å². The molecule has 0 amide bonds. The first-order valence-corrected chi connectivity index (χ1v) is 29.7. The van der Waals surface area contributed by atoms with E-state index in [2.05, 4.69) is 0 Å². The Hall–Kier alpha value is -8.00. The quantitative estimate of drug-likeness (QED) is 0.0216. The fourth-order valence-electron chi connectivity index (χ4n) is 11.9. The number of hydrogen-bond donors (Lipinski definition) is 8. The lowest BCUT2D eigenvalue weighted by Gasteiger charge is -2.29. The first kappa shape index (κ1) is 60.6. The summed E-state index contributed by atoms with van der Waals surface area (Å²) in [5.74, 6) is -4.50. The molecule has 8 aromatic rings. The van der Waals surface area contributed by atoms with Crippen LogP contribution >= 0.6 is 0 Å². The molecule has 0 spiro atoms. The molecule has 1 aliphatic rings. The van der Waals surface area contributed by atoms with E-state index in [0.717, 1.165) is 22.3 Å². The summed E-state index contributed by atoms with van der Waals surface area (Å²) in [6.45, 7) is 3.56. The predicted octanol–water partition coefficient (Wildman–Crippen LogP) is 15.7. The Balaban J connectivity index is 1.13. The van der Waals surface area contributed by atoms with Crippen LogP contribution in [0.4, 0.5) is 0 Å². The lowest BCUT2D eigenvalue weighted by atomic mass is 9.76. The van der Waals surface area contributed by atoms with Crippen LogP contribution in [-0.4, -0.2) is 67.3 Å². The highest BCUT2D eigenvalue weighted by Crippen LogP contribution is 2.52. The largest absolute Gasteiger partial charge is 0.508 e. The van der Waals surface area contributed by atoms with Crippen LogP contribution in [0.2, 0.25) is 0 Å². The summed E-state index contributed by atoms with van der Waals surface area (Å²) in [4.78, 5) is 0. The Bertz CT molecular complexity index is 2770. The van der Waals surface area contributed by atoms with Gasteiger partial charge in [-0.3, -0.25) is 0 Å². The summed E-state index contributed by atoms with van der Waals surface area (Å²) >= 11 is 0. The Morgan fingerprint density at radius 1 is 0.226 bits per heavy atom. The number of fused-ring (bicyclic) bond motifs is 8.